The number of thiophene rings is 1. The van der Waals surface area contributed by atoms with Crippen LogP contribution in [-0.4, -0.2) is 34.7 Å². The lowest BCUT2D eigenvalue weighted by molar-refractivity contribution is -0.121. The van der Waals surface area contributed by atoms with Gasteiger partial charge in [0.05, 0.1) is 18.3 Å². The minimum Gasteiger partial charge on any atom is -0.486 e. The molecule has 30 heavy (non-hydrogen) atoms. The zero-order chi connectivity index (χ0) is 20.5. The van der Waals surface area contributed by atoms with Crippen LogP contribution in [0.5, 0.6) is 11.5 Å². The highest BCUT2D eigenvalue weighted by Crippen LogP contribution is 2.33. The molecule has 156 valence electrons. The number of amides is 1. The van der Waals surface area contributed by atoms with E-state index in [1.165, 1.54) is 16.9 Å². The smallest absolute Gasteiger partial charge is 0.262 e. The number of hydrogen-bond acceptors (Lipinski definition) is 6. The molecule has 1 aliphatic carbocycles. The lowest BCUT2D eigenvalue weighted by Gasteiger charge is -2.26. The second kappa shape index (κ2) is 8.10. The summed E-state index contributed by atoms with van der Waals surface area (Å²) in [6.07, 6.45) is 5.82. The molecule has 0 radical (unpaired) electrons. The first-order valence-corrected chi connectivity index (χ1v) is 11.2. The SMILES string of the molecule is O=C(CCn1cnc2sc3c(c2c1=O)CCCC3)NCC1COc2ccccc2O1. The van der Waals surface area contributed by atoms with Gasteiger partial charge in [0.2, 0.25) is 5.91 Å². The van der Waals surface area contributed by atoms with Gasteiger partial charge in [-0.2, -0.15) is 0 Å². The molecule has 8 heteroatoms. The molecule has 1 atom stereocenters. The molecule has 1 N–H and O–H groups in total. The van der Waals surface area contributed by atoms with Crippen molar-refractivity contribution in [3.05, 3.63) is 51.4 Å². The third-order valence-corrected chi connectivity index (χ3v) is 6.82. The number of aromatic nitrogens is 2. The Morgan fingerprint density at radius 2 is 2.07 bits per heavy atom. The Bertz CT molecular complexity index is 1150. The van der Waals surface area contributed by atoms with Crippen molar-refractivity contribution in [2.75, 3.05) is 13.2 Å². The second-order valence-electron chi connectivity index (χ2n) is 7.69. The Kier molecular flexibility index (Phi) is 5.16. The van der Waals surface area contributed by atoms with Crippen LogP contribution >= 0.6 is 11.3 Å². The van der Waals surface area contributed by atoms with Crippen molar-refractivity contribution >= 4 is 27.5 Å². The van der Waals surface area contributed by atoms with Crippen molar-refractivity contribution in [2.45, 2.75) is 44.8 Å². The first-order valence-electron chi connectivity index (χ1n) is 10.3. The summed E-state index contributed by atoms with van der Waals surface area (Å²) >= 11 is 1.64. The molecule has 3 aromatic rings. The van der Waals surface area contributed by atoms with Crippen molar-refractivity contribution in [3.8, 4) is 11.5 Å². The van der Waals surface area contributed by atoms with Gasteiger partial charge in [-0.05, 0) is 43.4 Å². The van der Waals surface area contributed by atoms with E-state index >= 15 is 0 Å². The van der Waals surface area contributed by atoms with Gasteiger partial charge in [-0.1, -0.05) is 12.1 Å². The van der Waals surface area contributed by atoms with Crippen LogP contribution in [0.15, 0.2) is 35.4 Å². The van der Waals surface area contributed by atoms with E-state index in [0.717, 1.165) is 35.2 Å². The molecule has 1 aromatic carbocycles. The van der Waals surface area contributed by atoms with E-state index in [1.807, 2.05) is 24.3 Å². The fourth-order valence-corrected chi connectivity index (χ4v) is 5.26. The minimum absolute atomic E-state index is 0.0344. The molecular weight excluding hydrogens is 402 g/mol. The zero-order valence-electron chi connectivity index (χ0n) is 16.6. The number of carbonyl (C=O) groups is 1. The van der Waals surface area contributed by atoms with Crippen molar-refractivity contribution in [3.63, 3.8) is 0 Å². The van der Waals surface area contributed by atoms with Gasteiger partial charge in [-0.3, -0.25) is 14.2 Å². The van der Waals surface area contributed by atoms with E-state index in [4.69, 9.17) is 9.47 Å². The van der Waals surface area contributed by atoms with Crippen molar-refractivity contribution in [1.29, 1.82) is 0 Å². The van der Waals surface area contributed by atoms with Gasteiger partial charge in [0, 0.05) is 17.8 Å². The van der Waals surface area contributed by atoms with Crippen molar-refractivity contribution < 1.29 is 14.3 Å². The van der Waals surface area contributed by atoms with Crippen molar-refractivity contribution in [2.24, 2.45) is 0 Å². The highest BCUT2D eigenvalue weighted by atomic mass is 32.1. The van der Waals surface area contributed by atoms with Crippen molar-refractivity contribution in [1.82, 2.24) is 14.9 Å². The maximum atomic E-state index is 13.0. The first-order chi connectivity index (χ1) is 14.7. The molecular formula is C22H23N3O4S. The van der Waals surface area contributed by atoms with Crippen LogP contribution in [0.1, 0.15) is 29.7 Å². The van der Waals surface area contributed by atoms with Gasteiger partial charge in [0.15, 0.2) is 11.5 Å². The third kappa shape index (κ3) is 3.67. The Morgan fingerprint density at radius 1 is 1.23 bits per heavy atom. The molecule has 2 aliphatic rings. The van der Waals surface area contributed by atoms with Crippen LogP contribution in [0.3, 0.4) is 0 Å². The monoisotopic (exact) mass is 425 g/mol. The van der Waals surface area contributed by atoms with Gasteiger partial charge in [-0.15, -0.1) is 11.3 Å². The maximum Gasteiger partial charge on any atom is 0.262 e. The zero-order valence-corrected chi connectivity index (χ0v) is 17.4. The Morgan fingerprint density at radius 3 is 2.97 bits per heavy atom. The lowest BCUT2D eigenvalue weighted by atomic mass is 9.97. The molecule has 1 amide bonds. The predicted molar refractivity (Wildman–Crippen MR) is 115 cm³/mol. The van der Waals surface area contributed by atoms with Gasteiger partial charge < -0.3 is 14.8 Å². The first kappa shape index (κ1) is 19.1. The van der Waals surface area contributed by atoms with Gasteiger partial charge in [0.25, 0.3) is 5.56 Å². The quantitative estimate of drug-likeness (QED) is 0.680. The molecule has 0 bridgehead atoms. The Hall–Kier alpha value is -2.87. The summed E-state index contributed by atoms with van der Waals surface area (Å²) in [5.74, 6) is 1.28. The second-order valence-corrected chi connectivity index (χ2v) is 8.77. The molecule has 0 saturated heterocycles. The number of nitrogens with zero attached hydrogens (tertiary/aromatic N) is 2. The van der Waals surface area contributed by atoms with Crippen LogP contribution in [0.4, 0.5) is 0 Å². The normalized spacial score (nSPS) is 17.5. The van der Waals surface area contributed by atoms with Crippen LogP contribution in [0.2, 0.25) is 0 Å². The van der Waals surface area contributed by atoms with E-state index in [-0.39, 0.29) is 24.0 Å². The summed E-state index contributed by atoms with van der Waals surface area (Å²) in [6, 6.07) is 7.49. The molecule has 1 aliphatic heterocycles. The molecule has 0 fully saturated rings. The topological polar surface area (TPSA) is 82.5 Å². The summed E-state index contributed by atoms with van der Waals surface area (Å²) < 4.78 is 13.1. The van der Waals surface area contributed by atoms with Gasteiger partial charge in [-0.25, -0.2) is 4.98 Å². The largest absolute Gasteiger partial charge is 0.486 e. The van der Waals surface area contributed by atoms with Gasteiger partial charge >= 0.3 is 0 Å². The molecule has 2 aromatic heterocycles. The fraction of sp³-hybridized carbons (Fsp3) is 0.409. The fourth-order valence-electron chi connectivity index (χ4n) is 4.04. The molecule has 0 spiro atoms. The van der Waals surface area contributed by atoms with Crippen LogP contribution in [0, 0.1) is 0 Å². The molecule has 0 saturated carbocycles. The summed E-state index contributed by atoms with van der Waals surface area (Å²) in [5, 5.41) is 3.63. The number of ether oxygens (including phenoxy) is 2. The summed E-state index contributed by atoms with van der Waals surface area (Å²) in [4.78, 5) is 31.9. The highest BCUT2D eigenvalue weighted by molar-refractivity contribution is 7.18. The van der Waals surface area contributed by atoms with Gasteiger partial charge in [0.1, 0.15) is 17.5 Å². The predicted octanol–water partition coefficient (Wildman–Crippen LogP) is 2.68. The highest BCUT2D eigenvalue weighted by Gasteiger charge is 2.22. The number of rotatable bonds is 5. The van der Waals surface area contributed by atoms with Crippen LogP contribution in [0.25, 0.3) is 10.2 Å². The van der Waals surface area contributed by atoms with E-state index in [2.05, 4.69) is 10.3 Å². The average Bonchev–Trinajstić information content (AvgIpc) is 3.16. The number of hydrogen-bond donors (Lipinski definition) is 1. The molecule has 5 rings (SSSR count). The standard InChI is InChI=1S/C22H23N3O4S/c26-19(23-11-14-12-28-16-6-2-3-7-17(16)29-14)9-10-25-13-24-21-20(22(25)27)15-5-1-4-8-18(15)30-21/h2-3,6-7,13-14H,1,4-5,8-12H2,(H,23,26). The molecule has 3 heterocycles. The number of carbonyl (C=O) groups excluding carboxylic acids is 1. The summed E-state index contributed by atoms with van der Waals surface area (Å²) in [6.45, 7) is 1.06. The third-order valence-electron chi connectivity index (χ3n) is 5.62. The van der Waals surface area contributed by atoms with E-state index in [1.54, 1.807) is 22.2 Å². The number of nitrogens with one attached hydrogen (secondary N) is 1. The average molecular weight is 426 g/mol. The van der Waals surface area contributed by atoms with E-state index < -0.39 is 0 Å². The maximum absolute atomic E-state index is 13.0. The number of benzene rings is 1. The summed E-state index contributed by atoms with van der Waals surface area (Å²) in [7, 11) is 0. The lowest BCUT2D eigenvalue weighted by Crippen LogP contribution is -2.41. The summed E-state index contributed by atoms with van der Waals surface area (Å²) in [5.41, 5.74) is 1.14. The van der Waals surface area contributed by atoms with E-state index in [0.29, 0.717) is 25.4 Å². The van der Waals surface area contributed by atoms with E-state index in [9.17, 15) is 9.59 Å². The minimum atomic E-state index is -0.234. The molecule has 1 unspecified atom stereocenters. The number of para-hydroxylation sites is 2. The Balaban J connectivity index is 1.19. The number of aryl methyl sites for hydroxylation is 3. The van der Waals surface area contributed by atoms with Crippen LogP contribution in [-0.2, 0) is 24.2 Å². The van der Waals surface area contributed by atoms with Crippen LogP contribution < -0.4 is 20.3 Å². The molecule has 7 nitrogen and oxygen atoms in total. The Labute approximate surface area is 177 Å². The number of fused-ring (bicyclic) bond motifs is 4.